The summed E-state index contributed by atoms with van der Waals surface area (Å²) < 4.78 is 24.6. The van der Waals surface area contributed by atoms with Gasteiger partial charge in [0.2, 0.25) is 0 Å². The second-order valence-corrected chi connectivity index (χ2v) is 3.01. The van der Waals surface area contributed by atoms with Gasteiger partial charge in [-0.15, -0.1) is 0 Å². The number of aryl methyl sites for hydroxylation is 1. The molecule has 0 atom stereocenters. The molecular weight excluding hydrogens is 216 g/mol. The van der Waals surface area contributed by atoms with Crippen LogP contribution in [0.5, 0.6) is 0 Å². The molecule has 1 heterocycles. The Labute approximate surface area is 82.7 Å². The molecule has 0 saturated carbocycles. The minimum Gasteiger partial charge on any atom is -0.359 e. The average molecular weight is 222 g/mol. The molecule has 1 aromatic heterocycles. The highest BCUT2D eigenvalue weighted by molar-refractivity contribution is 6.67. The zero-order valence-electron chi connectivity index (χ0n) is 7.11. The summed E-state index contributed by atoms with van der Waals surface area (Å²) in [6.45, 7) is 1.40. The molecule has 0 saturated heterocycles. The fourth-order valence-corrected chi connectivity index (χ4v) is 1.20. The summed E-state index contributed by atoms with van der Waals surface area (Å²) in [4.78, 5) is 24.2. The Morgan fingerprint density at radius 3 is 2.57 bits per heavy atom. The van der Waals surface area contributed by atoms with Crippen molar-refractivity contribution in [3.8, 4) is 0 Å². The monoisotopic (exact) mass is 221 g/mol. The molecule has 0 spiro atoms. The van der Waals surface area contributed by atoms with Gasteiger partial charge in [0, 0.05) is 11.8 Å². The number of halogens is 3. The Bertz CT molecular complexity index is 428. The number of carbonyl (C=O) groups excluding carboxylic acids is 1. The van der Waals surface area contributed by atoms with E-state index in [0.717, 1.165) is 6.20 Å². The molecule has 0 aliphatic carbocycles. The summed E-state index contributed by atoms with van der Waals surface area (Å²) in [7, 11) is 0. The molecule has 3 nitrogen and oxygen atoms in total. The van der Waals surface area contributed by atoms with E-state index in [1.165, 1.54) is 6.92 Å². The lowest BCUT2D eigenvalue weighted by atomic mass is 10.1. The predicted molar refractivity (Wildman–Crippen MR) is 46.9 cm³/mol. The standard InChI is InChI=1S/C8H6ClF2NO2/c1-3-2-12-5(8(10)11)4(6(3)13)7(9)14/h2,8H,1H3,(H,12,13). The molecule has 76 valence electrons. The van der Waals surface area contributed by atoms with Crippen LogP contribution in [0.1, 0.15) is 28.0 Å². The zero-order valence-corrected chi connectivity index (χ0v) is 7.86. The summed E-state index contributed by atoms with van der Waals surface area (Å²) >= 11 is 5.04. The second kappa shape index (κ2) is 3.88. The number of pyridine rings is 1. The minimum atomic E-state index is -2.93. The van der Waals surface area contributed by atoms with E-state index in [2.05, 4.69) is 4.98 Å². The van der Waals surface area contributed by atoms with Crippen LogP contribution in [0.4, 0.5) is 8.78 Å². The smallest absolute Gasteiger partial charge is 0.279 e. The van der Waals surface area contributed by atoms with Crippen molar-refractivity contribution < 1.29 is 13.6 Å². The second-order valence-electron chi connectivity index (χ2n) is 2.66. The largest absolute Gasteiger partial charge is 0.359 e. The molecule has 6 heteroatoms. The zero-order chi connectivity index (χ0) is 10.9. The predicted octanol–water partition coefficient (Wildman–Crippen LogP) is 2.00. The van der Waals surface area contributed by atoms with Crippen LogP contribution in [-0.4, -0.2) is 10.2 Å². The van der Waals surface area contributed by atoms with Gasteiger partial charge < -0.3 is 4.98 Å². The van der Waals surface area contributed by atoms with Crippen molar-refractivity contribution in [3.05, 3.63) is 33.2 Å². The third kappa shape index (κ3) is 1.82. The molecule has 0 aromatic carbocycles. The van der Waals surface area contributed by atoms with Crippen molar-refractivity contribution in [1.82, 2.24) is 4.98 Å². The van der Waals surface area contributed by atoms with Gasteiger partial charge in [-0.1, -0.05) is 0 Å². The van der Waals surface area contributed by atoms with Crippen molar-refractivity contribution >= 4 is 16.8 Å². The number of aromatic amines is 1. The number of alkyl halides is 2. The van der Waals surface area contributed by atoms with E-state index in [4.69, 9.17) is 11.6 Å². The van der Waals surface area contributed by atoms with Gasteiger partial charge in [0.1, 0.15) is 5.56 Å². The van der Waals surface area contributed by atoms with Crippen LogP contribution in [0.15, 0.2) is 11.0 Å². The first-order valence-electron chi connectivity index (χ1n) is 3.65. The fourth-order valence-electron chi connectivity index (χ4n) is 1.01. The SMILES string of the molecule is Cc1c[nH]c(C(F)F)c(C(=O)Cl)c1=O. The van der Waals surface area contributed by atoms with Gasteiger partial charge >= 0.3 is 0 Å². The van der Waals surface area contributed by atoms with E-state index in [0.29, 0.717) is 0 Å². The maximum absolute atomic E-state index is 12.3. The first-order chi connectivity index (χ1) is 6.45. The fraction of sp³-hybridized carbons (Fsp3) is 0.250. The lowest BCUT2D eigenvalue weighted by Crippen LogP contribution is -2.19. The highest BCUT2D eigenvalue weighted by Crippen LogP contribution is 2.19. The lowest BCUT2D eigenvalue weighted by Gasteiger charge is -2.04. The molecule has 1 rings (SSSR count). The van der Waals surface area contributed by atoms with Gasteiger partial charge in [0.25, 0.3) is 11.7 Å². The van der Waals surface area contributed by atoms with Gasteiger partial charge in [-0.05, 0) is 18.5 Å². The molecule has 0 unspecified atom stereocenters. The first kappa shape index (κ1) is 10.8. The molecule has 0 aliphatic heterocycles. The molecule has 0 bridgehead atoms. The van der Waals surface area contributed by atoms with Crippen LogP contribution in [0, 0.1) is 6.92 Å². The van der Waals surface area contributed by atoms with Gasteiger partial charge in [-0.25, -0.2) is 8.78 Å². The van der Waals surface area contributed by atoms with E-state index in [1.54, 1.807) is 0 Å². The normalized spacial score (nSPS) is 10.6. The Morgan fingerprint density at radius 1 is 1.57 bits per heavy atom. The van der Waals surface area contributed by atoms with Gasteiger partial charge in [0.05, 0.1) is 5.69 Å². The van der Waals surface area contributed by atoms with Crippen molar-refractivity contribution in [2.45, 2.75) is 13.3 Å². The van der Waals surface area contributed by atoms with Crippen molar-refractivity contribution in [2.24, 2.45) is 0 Å². The third-order valence-corrected chi connectivity index (χ3v) is 1.90. The maximum Gasteiger partial charge on any atom is 0.279 e. The van der Waals surface area contributed by atoms with Crippen LogP contribution in [0.3, 0.4) is 0 Å². The number of rotatable bonds is 2. The van der Waals surface area contributed by atoms with Crippen LogP contribution >= 0.6 is 11.6 Å². The molecule has 1 N–H and O–H groups in total. The molecule has 1 aromatic rings. The number of hydrogen-bond donors (Lipinski definition) is 1. The number of hydrogen-bond acceptors (Lipinski definition) is 2. The first-order valence-corrected chi connectivity index (χ1v) is 4.03. The summed E-state index contributed by atoms with van der Waals surface area (Å²) in [5.41, 5.74) is -2.01. The quantitative estimate of drug-likeness (QED) is 0.777. The van der Waals surface area contributed by atoms with E-state index >= 15 is 0 Å². The van der Waals surface area contributed by atoms with Crippen LogP contribution in [0.25, 0.3) is 0 Å². The number of aromatic nitrogens is 1. The molecule has 0 aliphatic rings. The average Bonchev–Trinajstić information content (AvgIpc) is 2.08. The van der Waals surface area contributed by atoms with Crippen LogP contribution in [0.2, 0.25) is 0 Å². The van der Waals surface area contributed by atoms with E-state index < -0.39 is 28.4 Å². The van der Waals surface area contributed by atoms with Crippen molar-refractivity contribution in [2.75, 3.05) is 0 Å². The summed E-state index contributed by atoms with van der Waals surface area (Å²) in [5, 5.41) is -1.18. The third-order valence-electron chi connectivity index (χ3n) is 1.71. The minimum absolute atomic E-state index is 0.165. The van der Waals surface area contributed by atoms with E-state index in [1.807, 2.05) is 0 Å². The van der Waals surface area contributed by atoms with E-state index in [-0.39, 0.29) is 5.56 Å². The summed E-state index contributed by atoms with van der Waals surface area (Å²) in [6.07, 6.45) is -1.81. The summed E-state index contributed by atoms with van der Waals surface area (Å²) in [5.74, 6) is 0. The lowest BCUT2D eigenvalue weighted by molar-refractivity contribution is 0.106. The number of H-pyrrole nitrogens is 1. The van der Waals surface area contributed by atoms with Gasteiger partial charge in [-0.2, -0.15) is 0 Å². The van der Waals surface area contributed by atoms with Crippen molar-refractivity contribution in [3.63, 3.8) is 0 Å². The van der Waals surface area contributed by atoms with Crippen molar-refractivity contribution in [1.29, 1.82) is 0 Å². The van der Waals surface area contributed by atoms with Crippen LogP contribution < -0.4 is 5.43 Å². The van der Waals surface area contributed by atoms with Crippen LogP contribution in [-0.2, 0) is 0 Å². The van der Waals surface area contributed by atoms with E-state index in [9.17, 15) is 18.4 Å². The molecular formula is C8H6ClF2NO2. The highest BCUT2D eigenvalue weighted by atomic mass is 35.5. The molecule has 0 radical (unpaired) electrons. The summed E-state index contributed by atoms with van der Waals surface area (Å²) in [6, 6.07) is 0. The number of carbonyl (C=O) groups is 1. The Morgan fingerprint density at radius 2 is 2.14 bits per heavy atom. The topological polar surface area (TPSA) is 49.9 Å². The molecule has 0 fully saturated rings. The molecule has 0 amide bonds. The molecule has 14 heavy (non-hydrogen) atoms. The Balaban J connectivity index is 3.54. The Kier molecular flexibility index (Phi) is 3.00. The number of nitrogens with one attached hydrogen (secondary N) is 1. The maximum atomic E-state index is 12.3. The highest BCUT2D eigenvalue weighted by Gasteiger charge is 2.21. The van der Waals surface area contributed by atoms with Gasteiger partial charge in [0.15, 0.2) is 5.43 Å². The Hall–Kier alpha value is -1.23. The van der Waals surface area contributed by atoms with Gasteiger partial charge in [-0.3, -0.25) is 9.59 Å².